The third-order valence-corrected chi connectivity index (χ3v) is 1.27. The Balaban J connectivity index is 0.000000490. The first kappa shape index (κ1) is 8.54. The molecular weight excluding hydrogens is 111 g/mol. The van der Waals surface area contributed by atoms with Crippen molar-refractivity contribution in [3.63, 3.8) is 0 Å². The molecule has 0 amide bonds. The van der Waals surface area contributed by atoms with Gasteiger partial charge in [0.15, 0.2) is 0 Å². The van der Waals surface area contributed by atoms with Crippen molar-refractivity contribution in [3.05, 3.63) is 11.8 Å². The fraction of sp³-hybridized carbons (Fsp3) is 0.667. The SMILES string of the molecule is OC1=CCCCC1.[NaH]. The van der Waals surface area contributed by atoms with Gasteiger partial charge >= 0.3 is 29.6 Å². The summed E-state index contributed by atoms with van der Waals surface area (Å²) in [5.41, 5.74) is 0. The second kappa shape index (κ2) is 4.42. The summed E-state index contributed by atoms with van der Waals surface area (Å²) in [7, 11) is 0. The van der Waals surface area contributed by atoms with Gasteiger partial charge in [-0.2, -0.15) is 0 Å². The Morgan fingerprint density at radius 1 is 1.38 bits per heavy atom. The predicted molar refractivity (Wildman–Crippen MR) is 36.3 cm³/mol. The minimum atomic E-state index is 0. The first-order valence-electron chi connectivity index (χ1n) is 2.77. The second-order valence-electron chi connectivity index (χ2n) is 1.94. The summed E-state index contributed by atoms with van der Waals surface area (Å²) < 4.78 is 0. The van der Waals surface area contributed by atoms with Crippen LogP contribution in [0.15, 0.2) is 11.8 Å². The normalized spacial score (nSPS) is 18.8. The van der Waals surface area contributed by atoms with E-state index in [1.54, 1.807) is 0 Å². The van der Waals surface area contributed by atoms with Gasteiger partial charge in [0, 0.05) is 6.42 Å². The standard InChI is InChI=1S/C6H10O.Na.H/c7-6-4-2-1-3-5-6;;/h4,7H,1-3,5H2;;. The predicted octanol–water partition coefficient (Wildman–Crippen LogP) is 1.35. The zero-order valence-corrected chi connectivity index (χ0v) is 4.35. The summed E-state index contributed by atoms with van der Waals surface area (Å²) in [6.07, 6.45) is 6.31. The molecule has 0 fully saturated rings. The molecule has 0 unspecified atom stereocenters. The molecular formula is C6H11NaO. The second-order valence-corrected chi connectivity index (χ2v) is 1.94. The Morgan fingerprint density at radius 3 is 2.38 bits per heavy atom. The Bertz CT molecular complexity index is 88.5. The van der Waals surface area contributed by atoms with Gasteiger partial charge in [0.25, 0.3) is 0 Å². The zero-order valence-electron chi connectivity index (χ0n) is 4.35. The Kier molecular flexibility index (Phi) is 4.72. The van der Waals surface area contributed by atoms with Crippen LogP contribution in [-0.2, 0) is 0 Å². The monoisotopic (exact) mass is 122 g/mol. The van der Waals surface area contributed by atoms with E-state index in [4.69, 9.17) is 5.11 Å². The quantitative estimate of drug-likeness (QED) is 0.481. The number of rotatable bonds is 0. The Labute approximate surface area is 72.1 Å². The van der Waals surface area contributed by atoms with Crippen LogP contribution in [-0.4, -0.2) is 34.7 Å². The molecule has 1 rings (SSSR count). The molecule has 0 saturated heterocycles. The van der Waals surface area contributed by atoms with E-state index < -0.39 is 0 Å². The third kappa shape index (κ3) is 2.75. The van der Waals surface area contributed by atoms with Gasteiger partial charge in [-0.25, -0.2) is 0 Å². The van der Waals surface area contributed by atoms with E-state index in [1.165, 1.54) is 12.8 Å². The summed E-state index contributed by atoms with van der Waals surface area (Å²) in [5, 5.41) is 8.77. The van der Waals surface area contributed by atoms with Crippen molar-refractivity contribution in [2.24, 2.45) is 0 Å². The molecule has 2 heteroatoms. The van der Waals surface area contributed by atoms with Gasteiger partial charge in [-0.05, 0) is 25.3 Å². The molecule has 0 atom stereocenters. The molecule has 0 spiro atoms. The molecule has 42 valence electrons. The van der Waals surface area contributed by atoms with Gasteiger partial charge in [-0.3, -0.25) is 0 Å². The molecule has 0 aliphatic heterocycles. The molecule has 1 aliphatic rings. The first-order chi connectivity index (χ1) is 3.39. The number of aliphatic hydroxyl groups excluding tert-OH is 1. The molecule has 1 N–H and O–H groups in total. The van der Waals surface area contributed by atoms with E-state index in [0.717, 1.165) is 12.8 Å². The van der Waals surface area contributed by atoms with Gasteiger partial charge in [-0.1, -0.05) is 0 Å². The van der Waals surface area contributed by atoms with Gasteiger partial charge < -0.3 is 5.11 Å². The first-order valence-corrected chi connectivity index (χ1v) is 2.77. The van der Waals surface area contributed by atoms with E-state index in [-0.39, 0.29) is 29.6 Å². The number of aliphatic hydroxyl groups is 1. The van der Waals surface area contributed by atoms with Crippen LogP contribution < -0.4 is 0 Å². The van der Waals surface area contributed by atoms with Crippen LogP contribution in [0, 0.1) is 0 Å². The molecule has 8 heavy (non-hydrogen) atoms. The van der Waals surface area contributed by atoms with Gasteiger partial charge in [0.1, 0.15) is 0 Å². The summed E-state index contributed by atoms with van der Waals surface area (Å²) in [6, 6.07) is 0. The van der Waals surface area contributed by atoms with Crippen molar-refractivity contribution in [3.8, 4) is 0 Å². The molecule has 1 aliphatic carbocycles. The molecule has 0 aromatic rings. The maximum absolute atomic E-state index is 8.77. The number of hydrogen-bond acceptors (Lipinski definition) is 1. The van der Waals surface area contributed by atoms with Crippen LogP contribution in [0.3, 0.4) is 0 Å². The third-order valence-electron chi connectivity index (χ3n) is 1.27. The van der Waals surface area contributed by atoms with Crippen LogP contribution in [0.4, 0.5) is 0 Å². The van der Waals surface area contributed by atoms with Gasteiger partial charge in [-0.15, -0.1) is 0 Å². The van der Waals surface area contributed by atoms with Crippen LogP contribution >= 0.6 is 0 Å². The summed E-state index contributed by atoms with van der Waals surface area (Å²) >= 11 is 0. The topological polar surface area (TPSA) is 20.2 Å². The van der Waals surface area contributed by atoms with Gasteiger partial charge in [0.2, 0.25) is 0 Å². The van der Waals surface area contributed by atoms with Crippen LogP contribution in [0.1, 0.15) is 25.7 Å². The Hall–Kier alpha value is 0.540. The average molecular weight is 122 g/mol. The van der Waals surface area contributed by atoms with Crippen molar-refractivity contribution in [2.45, 2.75) is 25.7 Å². The van der Waals surface area contributed by atoms with Gasteiger partial charge in [0.05, 0.1) is 5.76 Å². The van der Waals surface area contributed by atoms with E-state index in [1.807, 2.05) is 6.08 Å². The van der Waals surface area contributed by atoms with Crippen LogP contribution in [0.5, 0.6) is 0 Å². The van der Waals surface area contributed by atoms with Crippen molar-refractivity contribution < 1.29 is 5.11 Å². The molecule has 1 nitrogen and oxygen atoms in total. The molecule has 0 bridgehead atoms. The van der Waals surface area contributed by atoms with Crippen molar-refractivity contribution in [2.75, 3.05) is 0 Å². The minimum absolute atomic E-state index is 0. The molecule has 0 aromatic carbocycles. The van der Waals surface area contributed by atoms with Crippen molar-refractivity contribution >= 4 is 29.6 Å². The van der Waals surface area contributed by atoms with Crippen molar-refractivity contribution in [1.82, 2.24) is 0 Å². The molecule has 0 aromatic heterocycles. The number of hydrogen-bond donors (Lipinski definition) is 1. The molecule has 0 saturated carbocycles. The fourth-order valence-corrected chi connectivity index (χ4v) is 0.821. The van der Waals surface area contributed by atoms with E-state index in [2.05, 4.69) is 0 Å². The maximum atomic E-state index is 8.77. The summed E-state index contributed by atoms with van der Waals surface area (Å²) in [6.45, 7) is 0. The average Bonchev–Trinajstić information content (AvgIpc) is 1.69. The zero-order chi connectivity index (χ0) is 5.11. The van der Waals surface area contributed by atoms with Crippen LogP contribution in [0.25, 0.3) is 0 Å². The molecule has 0 heterocycles. The summed E-state index contributed by atoms with van der Waals surface area (Å²) in [4.78, 5) is 0. The Morgan fingerprint density at radius 2 is 2.12 bits per heavy atom. The summed E-state index contributed by atoms with van der Waals surface area (Å²) in [5.74, 6) is 0.589. The van der Waals surface area contributed by atoms with Crippen LogP contribution in [0.2, 0.25) is 0 Å². The van der Waals surface area contributed by atoms with Crippen molar-refractivity contribution in [1.29, 1.82) is 0 Å². The fourth-order valence-electron chi connectivity index (χ4n) is 0.821. The number of allylic oxidation sites excluding steroid dienone is 2. The van der Waals surface area contributed by atoms with E-state index in [0.29, 0.717) is 5.76 Å². The molecule has 0 radical (unpaired) electrons. The van der Waals surface area contributed by atoms with E-state index >= 15 is 0 Å². The van der Waals surface area contributed by atoms with E-state index in [9.17, 15) is 0 Å².